The van der Waals surface area contributed by atoms with Crippen LogP contribution in [0.25, 0.3) is 22.2 Å². The number of aromatic carboxylic acids is 1. The summed E-state index contributed by atoms with van der Waals surface area (Å²) in [6, 6.07) is 20.2. The predicted octanol–water partition coefficient (Wildman–Crippen LogP) is 4.56. The van der Waals surface area contributed by atoms with E-state index in [1.807, 2.05) is 44.2 Å². The van der Waals surface area contributed by atoms with Crippen LogP contribution in [0.15, 0.2) is 66.7 Å². The number of methoxy groups -OCH3 is 1. The molecule has 0 N–H and O–H groups in total. The standard InChI is InChI=1S/C27H25NO5/c1-4-32-25-14-19(12-13-23(25)33-16-18-10-8-17(2)9-11-18)22-15-21(27(29)30)20-6-5-7-24(31-3)26(20)28-22/h5-15H,4,16H2,1-3H3,(H,29,30)/p-1. The van der Waals surface area contributed by atoms with E-state index in [9.17, 15) is 9.90 Å². The maximum Gasteiger partial charge on any atom is 0.161 e. The lowest BCUT2D eigenvalue weighted by atomic mass is 10.0. The van der Waals surface area contributed by atoms with Gasteiger partial charge in [0.1, 0.15) is 17.9 Å². The Labute approximate surface area is 192 Å². The number of aryl methyl sites for hydroxylation is 1. The van der Waals surface area contributed by atoms with Gasteiger partial charge in [0.05, 0.1) is 25.4 Å². The van der Waals surface area contributed by atoms with Crippen LogP contribution in [0.3, 0.4) is 0 Å². The molecule has 0 bridgehead atoms. The van der Waals surface area contributed by atoms with Gasteiger partial charge in [0.25, 0.3) is 0 Å². The highest BCUT2D eigenvalue weighted by Gasteiger charge is 2.14. The molecule has 1 heterocycles. The van der Waals surface area contributed by atoms with Crippen molar-refractivity contribution in [2.24, 2.45) is 0 Å². The molecule has 6 nitrogen and oxygen atoms in total. The van der Waals surface area contributed by atoms with Crippen LogP contribution in [0.2, 0.25) is 0 Å². The van der Waals surface area contributed by atoms with Gasteiger partial charge in [-0.25, -0.2) is 4.98 Å². The molecule has 0 radical (unpaired) electrons. The van der Waals surface area contributed by atoms with E-state index in [-0.39, 0.29) is 5.56 Å². The molecule has 1 aromatic heterocycles. The number of rotatable bonds is 8. The first-order valence-corrected chi connectivity index (χ1v) is 10.6. The SMILES string of the molecule is CCOc1cc(-c2cc(C(=O)[O-])c3cccc(OC)c3n2)ccc1OCc1ccc(C)cc1. The normalized spacial score (nSPS) is 10.8. The summed E-state index contributed by atoms with van der Waals surface area (Å²) in [6.45, 7) is 4.79. The number of pyridine rings is 1. The Morgan fingerprint density at radius 2 is 1.73 bits per heavy atom. The van der Waals surface area contributed by atoms with E-state index in [1.54, 1.807) is 30.3 Å². The lowest BCUT2D eigenvalue weighted by Gasteiger charge is -2.15. The van der Waals surface area contributed by atoms with Crippen LogP contribution in [0.4, 0.5) is 0 Å². The number of aromatic nitrogens is 1. The summed E-state index contributed by atoms with van der Waals surface area (Å²) in [6.07, 6.45) is 0. The van der Waals surface area contributed by atoms with E-state index in [1.165, 1.54) is 18.7 Å². The molecular formula is C27H24NO5-. The fourth-order valence-electron chi connectivity index (χ4n) is 3.60. The highest BCUT2D eigenvalue weighted by molar-refractivity contribution is 6.04. The first kappa shape index (κ1) is 22.1. The number of carbonyl (C=O) groups is 1. The highest BCUT2D eigenvalue weighted by atomic mass is 16.5. The fraction of sp³-hybridized carbons (Fsp3) is 0.185. The largest absolute Gasteiger partial charge is 0.545 e. The summed E-state index contributed by atoms with van der Waals surface area (Å²) in [7, 11) is 1.52. The molecule has 4 aromatic rings. The zero-order valence-electron chi connectivity index (χ0n) is 18.8. The minimum Gasteiger partial charge on any atom is -0.545 e. The molecule has 168 valence electrons. The Kier molecular flexibility index (Phi) is 6.45. The van der Waals surface area contributed by atoms with E-state index in [2.05, 4.69) is 4.98 Å². The van der Waals surface area contributed by atoms with Gasteiger partial charge in [-0.2, -0.15) is 0 Å². The van der Waals surface area contributed by atoms with Gasteiger partial charge in [-0.3, -0.25) is 0 Å². The minimum absolute atomic E-state index is 0.0477. The average Bonchev–Trinajstić information content (AvgIpc) is 2.83. The number of carboxylic acid groups (broad SMARTS) is 1. The molecule has 0 saturated heterocycles. The molecule has 0 unspecified atom stereocenters. The van der Waals surface area contributed by atoms with Crippen LogP contribution >= 0.6 is 0 Å². The van der Waals surface area contributed by atoms with Gasteiger partial charge in [-0.1, -0.05) is 42.0 Å². The number of ether oxygens (including phenoxy) is 3. The quantitative estimate of drug-likeness (QED) is 0.398. The molecule has 0 spiro atoms. The van der Waals surface area contributed by atoms with Crippen molar-refractivity contribution in [2.75, 3.05) is 13.7 Å². The van der Waals surface area contributed by atoms with Gasteiger partial charge in [0.15, 0.2) is 11.5 Å². The van der Waals surface area contributed by atoms with Crippen LogP contribution < -0.4 is 19.3 Å². The Balaban J connectivity index is 1.73. The molecule has 4 rings (SSSR count). The number of nitrogens with zero attached hydrogens (tertiary/aromatic N) is 1. The first-order valence-electron chi connectivity index (χ1n) is 10.6. The molecule has 6 heteroatoms. The summed E-state index contributed by atoms with van der Waals surface area (Å²) in [5.41, 5.74) is 3.90. The van der Waals surface area contributed by atoms with E-state index in [4.69, 9.17) is 14.2 Å². The average molecular weight is 442 g/mol. The van der Waals surface area contributed by atoms with Crippen molar-refractivity contribution < 1.29 is 24.1 Å². The zero-order chi connectivity index (χ0) is 23.4. The van der Waals surface area contributed by atoms with E-state index < -0.39 is 5.97 Å². The molecule has 0 aliphatic rings. The Morgan fingerprint density at radius 1 is 0.939 bits per heavy atom. The van der Waals surface area contributed by atoms with Crippen molar-refractivity contribution in [1.82, 2.24) is 4.98 Å². The monoisotopic (exact) mass is 442 g/mol. The summed E-state index contributed by atoms with van der Waals surface area (Å²) in [5, 5.41) is 12.3. The van der Waals surface area contributed by atoms with Crippen molar-refractivity contribution >= 4 is 16.9 Å². The molecule has 0 aliphatic heterocycles. The van der Waals surface area contributed by atoms with E-state index in [0.29, 0.717) is 52.6 Å². The second-order valence-corrected chi connectivity index (χ2v) is 7.57. The van der Waals surface area contributed by atoms with Crippen LogP contribution in [-0.4, -0.2) is 24.7 Å². The molecule has 3 aromatic carbocycles. The van der Waals surface area contributed by atoms with Crippen LogP contribution in [0.1, 0.15) is 28.4 Å². The molecule has 0 atom stereocenters. The van der Waals surface area contributed by atoms with Gasteiger partial charge < -0.3 is 24.1 Å². The molecule has 33 heavy (non-hydrogen) atoms. The molecule has 0 aliphatic carbocycles. The van der Waals surface area contributed by atoms with Gasteiger partial charge in [0, 0.05) is 16.5 Å². The summed E-state index contributed by atoms with van der Waals surface area (Å²) in [4.78, 5) is 16.5. The first-order chi connectivity index (χ1) is 16.0. The van der Waals surface area contributed by atoms with Crippen LogP contribution in [-0.2, 0) is 6.61 Å². The maximum absolute atomic E-state index is 11.8. The summed E-state index contributed by atoms with van der Waals surface area (Å²) < 4.78 is 17.2. The third kappa shape index (κ3) is 4.75. The molecular weight excluding hydrogens is 418 g/mol. The van der Waals surface area contributed by atoms with Gasteiger partial charge in [-0.15, -0.1) is 0 Å². The Morgan fingerprint density at radius 3 is 2.42 bits per heavy atom. The zero-order valence-corrected chi connectivity index (χ0v) is 18.8. The van der Waals surface area contributed by atoms with Crippen LogP contribution in [0.5, 0.6) is 17.2 Å². The summed E-state index contributed by atoms with van der Waals surface area (Å²) in [5.74, 6) is 0.360. The van der Waals surface area contributed by atoms with Crippen LogP contribution in [0, 0.1) is 6.92 Å². The van der Waals surface area contributed by atoms with E-state index >= 15 is 0 Å². The van der Waals surface area contributed by atoms with Gasteiger partial charge in [0.2, 0.25) is 0 Å². The second kappa shape index (κ2) is 9.61. The fourth-order valence-corrected chi connectivity index (χ4v) is 3.60. The number of hydrogen-bond acceptors (Lipinski definition) is 6. The van der Waals surface area contributed by atoms with Crippen molar-refractivity contribution in [3.8, 4) is 28.5 Å². The number of carbonyl (C=O) groups excluding carboxylic acids is 1. The number of fused-ring (bicyclic) bond motifs is 1. The lowest BCUT2D eigenvalue weighted by molar-refractivity contribution is -0.254. The van der Waals surface area contributed by atoms with E-state index in [0.717, 1.165) is 5.56 Å². The predicted molar refractivity (Wildman–Crippen MR) is 125 cm³/mol. The Bertz CT molecular complexity index is 1300. The highest BCUT2D eigenvalue weighted by Crippen LogP contribution is 2.35. The number of para-hydroxylation sites is 1. The third-order valence-electron chi connectivity index (χ3n) is 5.30. The third-order valence-corrected chi connectivity index (χ3v) is 5.30. The maximum atomic E-state index is 11.8. The second-order valence-electron chi connectivity index (χ2n) is 7.57. The number of carboxylic acids is 1. The van der Waals surface area contributed by atoms with Crippen molar-refractivity contribution in [1.29, 1.82) is 0 Å². The van der Waals surface area contributed by atoms with Gasteiger partial charge >= 0.3 is 0 Å². The van der Waals surface area contributed by atoms with Gasteiger partial charge in [-0.05, 0) is 49.7 Å². The number of hydrogen-bond donors (Lipinski definition) is 0. The molecule has 0 fully saturated rings. The Hall–Kier alpha value is -4.06. The lowest BCUT2D eigenvalue weighted by Crippen LogP contribution is -2.22. The number of benzene rings is 3. The molecule has 0 amide bonds. The van der Waals surface area contributed by atoms with Crippen molar-refractivity contribution in [2.45, 2.75) is 20.5 Å². The van der Waals surface area contributed by atoms with Crippen molar-refractivity contribution in [3.63, 3.8) is 0 Å². The van der Waals surface area contributed by atoms with Crippen molar-refractivity contribution in [3.05, 3.63) is 83.4 Å². The molecule has 0 saturated carbocycles. The summed E-state index contributed by atoms with van der Waals surface area (Å²) >= 11 is 0. The smallest absolute Gasteiger partial charge is 0.161 e. The topological polar surface area (TPSA) is 80.7 Å². The minimum atomic E-state index is -1.28.